The second-order valence-electron chi connectivity index (χ2n) is 7.69. The number of amides is 2. The van der Waals surface area contributed by atoms with E-state index >= 15 is 0 Å². The lowest BCUT2D eigenvalue weighted by molar-refractivity contribution is -0.115. The minimum atomic E-state index is -0.452. The number of nitrogens with zero attached hydrogens (tertiary/aromatic N) is 4. The second-order valence-corrected chi connectivity index (χ2v) is 9.33. The number of para-hydroxylation sites is 2. The number of likely N-dealkylation sites (N-methyl/N-ethyl adjacent to an activating group) is 1. The summed E-state index contributed by atoms with van der Waals surface area (Å²) in [5.41, 5.74) is 2.94. The zero-order valence-electron chi connectivity index (χ0n) is 18.2. The number of hydrogen-bond donors (Lipinski definition) is 0. The Morgan fingerprint density at radius 1 is 0.939 bits per heavy atom. The van der Waals surface area contributed by atoms with Crippen molar-refractivity contribution in [2.75, 3.05) is 16.3 Å². The molecule has 0 bridgehead atoms. The van der Waals surface area contributed by atoms with Gasteiger partial charge in [0.1, 0.15) is 5.69 Å². The van der Waals surface area contributed by atoms with Crippen LogP contribution in [0, 0.1) is 6.92 Å². The Hall–Kier alpha value is -3.43. The third-order valence-electron chi connectivity index (χ3n) is 5.98. The van der Waals surface area contributed by atoms with Crippen LogP contribution in [-0.4, -0.2) is 32.0 Å². The first-order valence-electron chi connectivity index (χ1n) is 10.4. The Kier molecular flexibility index (Phi) is 5.10. The molecule has 0 radical (unpaired) electrons. The number of carbonyl (C=O) groups is 2. The van der Waals surface area contributed by atoms with E-state index in [-0.39, 0.29) is 26.4 Å². The third-order valence-corrected chi connectivity index (χ3v) is 7.36. The molecule has 1 saturated heterocycles. The van der Waals surface area contributed by atoms with Gasteiger partial charge >= 0.3 is 0 Å². The summed E-state index contributed by atoms with van der Waals surface area (Å²) in [6.07, 6.45) is 0. The summed E-state index contributed by atoms with van der Waals surface area (Å²) in [5, 5.41) is 0. The number of aromatic nitrogens is 2. The molecule has 2 amide bonds. The number of hydrogen-bond acceptors (Lipinski definition) is 5. The summed E-state index contributed by atoms with van der Waals surface area (Å²) in [5.74, 6) is -0.683. The van der Waals surface area contributed by atoms with Crippen molar-refractivity contribution in [2.24, 2.45) is 7.05 Å². The van der Waals surface area contributed by atoms with Gasteiger partial charge in [0.2, 0.25) is 0 Å². The molecule has 2 aliphatic rings. The van der Waals surface area contributed by atoms with E-state index in [1.807, 2.05) is 61.5 Å². The van der Waals surface area contributed by atoms with Gasteiger partial charge in [0.25, 0.3) is 17.4 Å². The molecule has 0 atom stereocenters. The molecule has 0 aliphatic carbocycles. The van der Waals surface area contributed by atoms with Gasteiger partial charge in [-0.1, -0.05) is 60.4 Å². The van der Waals surface area contributed by atoms with Crippen molar-refractivity contribution in [3.8, 4) is 5.69 Å². The van der Waals surface area contributed by atoms with Gasteiger partial charge in [-0.3, -0.25) is 24.0 Å². The van der Waals surface area contributed by atoms with Crippen LogP contribution in [0.3, 0.4) is 0 Å². The molecule has 0 unspecified atom stereocenters. The average molecular weight is 477 g/mol. The molecule has 0 spiro atoms. The van der Waals surface area contributed by atoms with Crippen LogP contribution in [0.15, 0.2) is 64.3 Å². The molecule has 1 aromatic heterocycles. The lowest BCUT2D eigenvalue weighted by atomic mass is 10.1. The van der Waals surface area contributed by atoms with E-state index in [2.05, 4.69) is 0 Å². The van der Waals surface area contributed by atoms with Crippen LogP contribution < -0.4 is 15.4 Å². The predicted molar refractivity (Wildman–Crippen MR) is 135 cm³/mol. The predicted octanol–water partition coefficient (Wildman–Crippen LogP) is 3.63. The summed E-state index contributed by atoms with van der Waals surface area (Å²) < 4.78 is 3.44. The lowest BCUT2D eigenvalue weighted by Crippen LogP contribution is -2.33. The fraction of sp³-hybridized carbons (Fsp3) is 0.167. The topological polar surface area (TPSA) is 67.6 Å². The Morgan fingerprint density at radius 3 is 2.30 bits per heavy atom. The monoisotopic (exact) mass is 476 g/mol. The van der Waals surface area contributed by atoms with E-state index in [1.165, 1.54) is 9.58 Å². The van der Waals surface area contributed by atoms with E-state index in [1.54, 1.807) is 23.6 Å². The second kappa shape index (κ2) is 7.86. The molecule has 166 valence electrons. The fourth-order valence-electron chi connectivity index (χ4n) is 4.34. The minimum absolute atomic E-state index is 0.200. The lowest BCUT2D eigenvalue weighted by Gasteiger charge is -2.13. The largest absolute Gasteiger partial charge is 0.308 e. The molecule has 3 heterocycles. The maximum Gasteiger partial charge on any atom is 0.296 e. The quantitative estimate of drug-likeness (QED) is 0.427. The number of thiocarbonyl (C=S) groups is 1. The highest BCUT2D eigenvalue weighted by molar-refractivity contribution is 8.27. The van der Waals surface area contributed by atoms with Crippen molar-refractivity contribution in [1.82, 2.24) is 9.36 Å². The van der Waals surface area contributed by atoms with Gasteiger partial charge in [-0.05, 0) is 32.0 Å². The summed E-state index contributed by atoms with van der Waals surface area (Å²) in [7, 11) is 1.76. The van der Waals surface area contributed by atoms with E-state index < -0.39 is 5.91 Å². The normalized spacial score (nSPS) is 18.0. The summed E-state index contributed by atoms with van der Waals surface area (Å²) in [6, 6.07) is 16.6. The van der Waals surface area contributed by atoms with Gasteiger partial charge in [-0.2, -0.15) is 0 Å². The maximum absolute atomic E-state index is 13.6. The van der Waals surface area contributed by atoms with Gasteiger partial charge in [-0.15, -0.1) is 0 Å². The van der Waals surface area contributed by atoms with Crippen molar-refractivity contribution < 1.29 is 9.59 Å². The fourth-order valence-corrected chi connectivity index (χ4v) is 5.68. The first-order chi connectivity index (χ1) is 15.9. The molecular formula is C24H20N4O3S2. The standard InChI is InChI=1S/C24H20N4O3S2/c1-4-26-17-13-9-8-12-16(17)18(21(26)29)20-23(31)27(24(32)33-20)19-14(2)25(3)28(22(19)30)15-10-6-5-7-11-15/h5-13H,4H2,1-3H3/b20-18-. The molecule has 0 N–H and O–H groups in total. The highest BCUT2D eigenvalue weighted by Crippen LogP contribution is 2.45. The SMILES string of the molecule is CCN1C(=O)/C(=C2\SC(=S)N(c3c(C)n(C)n(-c4ccccc4)c3=O)C2=O)c2ccccc21. The van der Waals surface area contributed by atoms with Gasteiger partial charge in [0, 0.05) is 19.2 Å². The van der Waals surface area contributed by atoms with Crippen molar-refractivity contribution in [3.63, 3.8) is 0 Å². The van der Waals surface area contributed by atoms with Crippen molar-refractivity contribution in [1.29, 1.82) is 0 Å². The number of rotatable bonds is 3. The van der Waals surface area contributed by atoms with E-state index in [9.17, 15) is 14.4 Å². The number of thioether (sulfide) groups is 1. The molecular weight excluding hydrogens is 456 g/mol. The van der Waals surface area contributed by atoms with Gasteiger partial charge < -0.3 is 4.90 Å². The zero-order chi connectivity index (χ0) is 23.4. The molecule has 9 heteroatoms. The Labute approximate surface area is 199 Å². The highest BCUT2D eigenvalue weighted by atomic mass is 32.2. The molecule has 33 heavy (non-hydrogen) atoms. The Balaban J connectivity index is 1.66. The van der Waals surface area contributed by atoms with Crippen LogP contribution >= 0.6 is 24.0 Å². The zero-order valence-corrected chi connectivity index (χ0v) is 19.9. The van der Waals surface area contributed by atoms with Crippen molar-refractivity contribution in [2.45, 2.75) is 13.8 Å². The first kappa shape index (κ1) is 21.4. The number of fused-ring (bicyclic) bond motifs is 1. The summed E-state index contributed by atoms with van der Waals surface area (Å²) >= 11 is 6.61. The highest BCUT2D eigenvalue weighted by Gasteiger charge is 2.44. The maximum atomic E-state index is 13.6. The molecule has 5 rings (SSSR count). The van der Waals surface area contributed by atoms with Crippen LogP contribution in [0.1, 0.15) is 18.2 Å². The Morgan fingerprint density at radius 2 is 1.61 bits per heavy atom. The van der Waals surface area contributed by atoms with Crippen LogP contribution in [0.2, 0.25) is 0 Å². The molecule has 2 aliphatic heterocycles. The summed E-state index contributed by atoms with van der Waals surface area (Å²) in [6.45, 7) is 4.15. The molecule has 7 nitrogen and oxygen atoms in total. The van der Waals surface area contributed by atoms with Crippen LogP contribution in [0.4, 0.5) is 11.4 Å². The molecule has 1 fully saturated rings. The number of anilines is 2. The smallest absolute Gasteiger partial charge is 0.296 e. The van der Waals surface area contributed by atoms with Gasteiger partial charge in [0.05, 0.1) is 27.5 Å². The Bertz CT molecular complexity index is 1440. The average Bonchev–Trinajstić information content (AvgIpc) is 3.34. The third kappa shape index (κ3) is 3.03. The van der Waals surface area contributed by atoms with E-state index in [4.69, 9.17) is 12.2 Å². The van der Waals surface area contributed by atoms with Crippen LogP contribution in [0.25, 0.3) is 11.3 Å². The summed E-state index contributed by atoms with van der Waals surface area (Å²) in [4.78, 5) is 43.5. The van der Waals surface area contributed by atoms with Crippen molar-refractivity contribution in [3.05, 3.63) is 81.1 Å². The van der Waals surface area contributed by atoms with E-state index in [0.717, 1.165) is 17.4 Å². The van der Waals surface area contributed by atoms with Crippen LogP contribution in [-0.2, 0) is 16.6 Å². The van der Waals surface area contributed by atoms with Gasteiger partial charge in [0.15, 0.2) is 4.32 Å². The number of benzene rings is 2. The molecule has 2 aromatic carbocycles. The molecule has 3 aromatic rings. The van der Waals surface area contributed by atoms with E-state index in [0.29, 0.717) is 29.1 Å². The number of carbonyl (C=O) groups excluding carboxylic acids is 2. The van der Waals surface area contributed by atoms with Gasteiger partial charge in [-0.25, -0.2) is 4.68 Å². The first-order valence-corrected chi connectivity index (χ1v) is 11.6. The molecule has 0 saturated carbocycles. The van der Waals surface area contributed by atoms with Crippen LogP contribution in [0.5, 0.6) is 0 Å². The minimum Gasteiger partial charge on any atom is -0.308 e. The van der Waals surface area contributed by atoms with Crippen molar-refractivity contribution >= 4 is 57.1 Å².